The van der Waals surface area contributed by atoms with E-state index >= 15 is 0 Å². The quantitative estimate of drug-likeness (QED) is 0.0917. The molecule has 0 saturated carbocycles. The summed E-state index contributed by atoms with van der Waals surface area (Å²) in [6.45, 7) is 11.3. The fraction of sp³-hybridized carbons (Fsp3) is 0.476. The summed E-state index contributed by atoms with van der Waals surface area (Å²) in [5.41, 5.74) is 3.16. The van der Waals surface area contributed by atoms with E-state index in [-0.39, 0.29) is 36.9 Å². The molecule has 4 N–H and O–H groups in total. The topological polar surface area (TPSA) is 193 Å². The van der Waals surface area contributed by atoms with Crippen LogP contribution in [0.2, 0.25) is 0 Å². The lowest BCUT2D eigenvalue weighted by Gasteiger charge is -2.37. The molecule has 1 fully saturated rings. The van der Waals surface area contributed by atoms with Crippen LogP contribution in [-0.2, 0) is 25.6 Å². The number of aromatic nitrogens is 4. The smallest absolute Gasteiger partial charge is 0.407 e. The number of aromatic amines is 2. The van der Waals surface area contributed by atoms with Crippen molar-refractivity contribution in [3.8, 4) is 45.5 Å². The number of alkyl carbamates (subject to hydrolysis) is 2. The normalized spacial score (nSPS) is 14.7. The number of benzene rings is 2. The van der Waals surface area contributed by atoms with Crippen molar-refractivity contribution < 1.29 is 38.1 Å². The van der Waals surface area contributed by atoms with E-state index in [2.05, 4.69) is 44.2 Å². The molecule has 16 nitrogen and oxygen atoms in total. The van der Waals surface area contributed by atoms with Crippen LogP contribution in [0.1, 0.15) is 90.8 Å². The highest BCUT2D eigenvalue weighted by atomic mass is 16.6. The number of fused-ring (bicyclic) bond motifs is 2. The number of piperidine rings is 1. The Kier molecular flexibility index (Phi) is 15.1. The van der Waals surface area contributed by atoms with Crippen molar-refractivity contribution >= 4 is 24.0 Å². The first-order valence-electron chi connectivity index (χ1n) is 20.0. The summed E-state index contributed by atoms with van der Waals surface area (Å²) in [5, 5.41) is 5.14. The SMILES string of the molecule is CCC.CCCCN(Cc1ncc(-c2ccc3c(c2)Oc2ccc(-c4cnc(C5CCCCN5C(=O)C(NC(=O)OC)C(C)C)[nH]4)cc2O3)[nH]1)C(=O)CNC(=O)OC. The first-order chi connectivity index (χ1) is 28.0. The molecular weight excluding hydrogens is 745 g/mol. The van der Waals surface area contributed by atoms with Crippen molar-refractivity contribution in [1.82, 2.24) is 40.4 Å². The number of carbonyl (C=O) groups is 4. The third kappa shape index (κ3) is 10.7. The van der Waals surface area contributed by atoms with E-state index in [1.165, 1.54) is 20.6 Å². The number of hydrogen-bond acceptors (Lipinski definition) is 10. The van der Waals surface area contributed by atoms with Crippen LogP contribution in [0.5, 0.6) is 23.0 Å². The van der Waals surface area contributed by atoms with Gasteiger partial charge in [0, 0.05) is 24.2 Å². The second kappa shape index (κ2) is 20.4. The van der Waals surface area contributed by atoms with Gasteiger partial charge in [-0.25, -0.2) is 19.6 Å². The molecule has 0 aliphatic carbocycles. The summed E-state index contributed by atoms with van der Waals surface area (Å²) in [6, 6.07) is 10.3. The van der Waals surface area contributed by atoms with Gasteiger partial charge in [-0.2, -0.15) is 0 Å². The molecule has 2 aliphatic rings. The van der Waals surface area contributed by atoms with Crippen molar-refractivity contribution in [2.75, 3.05) is 33.9 Å². The van der Waals surface area contributed by atoms with Crippen LogP contribution in [0.25, 0.3) is 22.5 Å². The molecule has 2 aliphatic heterocycles. The summed E-state index contributed by atoms with van der Waals surface area (Å²) < 4.78 is 21.9. The molecule has 2 unspecified atom stereocenters. The Hall–Kier alpha value is -6.06. The van der Waals surface area contributed by atoms with E-state index in [1.807, 2.05) is 62.1 Å². The van der Waals surface area contributed by atoms with E-state index in [0.717, 1.165) is 54.6 Å². The van der Waals surface area contributed by atoms with Crippen molar-refractivity contribution in [2.45, 2.75) is 91.8 Å². The number of H-pyrrole nitrogens is 2. The molecule has 6 rings (SSSR count). The highest BCUT2D eigenvalue weighted by Gasteiger charge is 2.36. The van der Waals surface area contributed by atoms with Crippen molar-refractivity contribution in [3.63, 3.8) is 0 Å². The summed E-state index contributed by atoms with van der Waals surface area (Å²) in [5.74, 6) is 2.92. The maximum absolute atomic E-state index is 13.7. The molecule has 2 atom stereocenters. The van der Waals surface area contributed by atoms with Crippen LogP contribution in [0.3, 0.4) is 0 Å². The molecule has 0 spiro atoms. The molecule has 4 aromatic rings. The van der Waals surface area contributed by atoms with Crippen LogP contribution >= 0.6 is 0 Å². The number of imidazole rings is 2. The molecule has 1 saturated heterocycles. The number of nitrogens with zero attached hydrogens (tertiary/aromatic N) is 4. The van der Waals surface area contributed by atoms with Gasteiger partial charge in [-0.3, -0.25) is 9.59 Å². The van der Waals surface area contributed by atoms with Crippen molar-refractivity contribution in [2.24, 2.45) is 5.92 Å². The van der Waals surface area contributed by atoms with Gasteiger partial charge >= 0.3 is 12.2 Å². The van der Waals surface area contributed by atoms with Gasteiger partial charge in [-0.05, 0) is 68.0 Å². The third-order valence-corrected chi connectivity index (χ3v) is 9.71. The molecule has 2 aromatic heterocycles. The van der Waals surface area contributed by atoms with Crippen molar-refractivity contribution in [3.05, 3.63) is 60.4 Å². The van der Waals surface area contributed by atoms with Crippen LogP contribution in [0, 0.1) is 5.92 Å². The summed E-state index contributed by atoms with van der Waals surface area (Å²) in [6.07, 6.45) is 7.68. The second-order valence-corrected chi connectivity index (χ2v) is 14.6. The molecule has 312 valence electrons. The molecule has 4 heterocycles. The first kappa shape index (κ1) is 43.1. The summed E-state index contributed by atoms with van der Waals surface area (Å²) in [4.78, 5) is 69.4. The fourth-order valence-corrected chi connectivity index (χ4v) is 6.67. The molecule has 16 heteroatoms. The minimum atomic E-state index is -0.719. The van der Waals surface area contributed by atoms with Gasteiger partial charge < -0.3 is 49.3 Å². The molecular formula is C42H56N8O8. The van der Waals surface area contributed by atoms with Crippen LogP contribution in [0.4, 0.5) is 9.59 Å². The van der Waals surface area contributed by atoms with E-state index in [0.29, 0.717) is 47.7 Å². The number of rotatable bonds is 13. The van der Waals surface area contributed by atoms with Gasteiger partial charge in [0.2, 0.25) is 11.8 Å². The molecule has 0 radical (unpaired) electrons. The average molecular weight is 801 g/mol. The van der Waals surface area contributed by atoms with Gasteiger partial charge in [-0.1, -0.05) is 47.5 Å². The molecule has 4 amide bonds. The Morgan fingerprint density at radius 2 is 1.50 bits per heavy atom. The summed E-state index contributed by atoms with van der Waals surface area (Å²) in [7, 11) is 2.53. The number of ether oxygens (including phenoxy) is 4. The predicted octanol–water partition coefficient (Wildman–Crippen LogP) is 7.70. The van der Waals surface area contributed by atoms with Gasteiger partial charge in [0.05, 0.1) is 50.6 Å². The highest BCUT2D eigenvalue weighted by Crippen LogP contribution is 2.47. The number of carbonyl (C=O) groups excluding carboxylic acids is 4. The Balaban J connectivity index is 0.00000207. The fourth-order valence-electron chi connectivity index (χ4n) is 6.67. The predicted molar refractivity (Wildman–Crippen MR) is 217 cm³/mol. The number of hydrogen-bond donors (Lipinski definition) is 4. The summed E-state index contributed by atoms with van der Waals surface area (Å²) >= 11 is 0. The Morgan fingerprint density at radius 3 is 2.10 bits per heavy atom. The van der Waals surface area contributed by atoms with Crippen LogP contribution < -0.4 is 20.1 Å². The average Bonchev–Trinajstić information content (AvgIpc) is 3.93. The molecule has 0 bridgehead atoms. The van der Waals surface area contributed by atoms with Gasteiger partial charge in [0.1, 0.15) is 24.2 Å². The Bertz CT molecular complexity index is 2030. The minimum absolute atomic E-state index is 0.130. The third-order valence-electron chi connectivity index (χ3n) is 9.71. The molecule has 58 heavy (non-hydrogen) atoms. The number of likely N-dealkylation sites (tertiary alicyclic amines) is 1. The standard InChI is InChI=1S/C39H48N8O8.C3H8/c1-6-7-15-46(34(48)21-42-38(50)52-4)22-33-40-19-26(43-33)24-11-13-29-31(17-24)54-30-14-12-25(18-32(30)55-29)27-20-41-36(44-27)28-10-8-9-16-47(28)37(49)35(23(2)3)45-39(51)53-5;1-3-2/h11-14,17-20,23,28,35H,6-10,15-16,21-22H2,1-5H3,(H,40,43)(H,41,44)(H,42,50)(H,45,51);3H2,1-2H3. The minimum Gasteiger partial charge on any atom is -0.453 e. The van der Waals surface area contributed by atoms with E-state index in [4.69, 9.17) is 19.2 Å². The Morgan fingerprint density at radius 1 is 0.879 bits per heavy atom. The lowest BCUT2D eigenvalue weighted by atomic mass is 9.97. The maximum Gasteiger partial charge on any atom is 0.407 e. The Labute approximate surface area is 339 Å². The van der Waals surface area contributed by atoms with Crippen molar-refractivity contribution in [1.29, 1.82) is 0 Å². The van der Waals surface area contributed by atoms with Crippen LogP contribution in [-0.4, -0.2) is 93.6 Å². The monoisotopic (exact) mass is 800 g/mol. The maximum atomic E-state index is 13.7. The molecule has 2 aromatic carbocycles. The largest absolute Gasteiger partial charge is 0.453 e. The van der Waals surface area contributed by atoms with Crippen LogP contribution in [0.15, 0.2) is 48.8 Å². The first-order valence-corrected chi connectivity index (χ1v) is 20.0. The zero-order valence-corrected chi connectivity index (χ0v) is 34.5. The number of amides is 4. The van der Waals surface area contributed by atoms with Gasteiger partial charge in [0.15, 0.2) is 23.0 Å². The van der Waals surface area contributed by atoms with E-state index < -0.39 is 18.2 Å². The van der Waals surface area contributed by atoms with Gasteiger partial charge in [-0.15, -0.1) is 0 Å². The second-order valence-electron chi connectivity index (χ2n) is 14.6. The number of nitrogens with one attached hydrogen (secondary N) is 4. The van der Waals surface area contributed by atoms with E-state index in [9.17, 15) is 19.2 Å². The zero-order valence-electron chi connectivity index (χ0n) is 34.5. The van der Waals surface area contributed by atoms with Gasteiger partial charge in [0.25, 0.3) is 0 Å². The highest BCUT2D eigenvalue weighted by molar-refractivity contribution is 5.86. The lowest BCUT2D eigenvalue weighted by molar-refractivity contribution is -0.138. The zero-order chi connectivity index (χ0) is 41.8. The number of methoxy groups -OCH3 is 2. The lowest BCUT2D eigenvalue weighted by Crippen LogP contribution is -2.53. The van der Waals surface area contributed by atoms with E-state index in [1.54, 1.807) is 17.3 Å². The number of unbranched alkanes of at least 4 members (excludes halogenated alkanes) is 1.